The maximum Gasteiger partial charge on any atom is 0.408 e. The van der Waals surface area contributed by atoms with E-state index in [0.717, 1.165) is 11.8 Å². The molecule has 2 fully saturated rings. The first-order valence-corrected chi connectivity index (χ1v) is 17.8. The molecular weight excluding hydrogens is 697 g/mol. The first kappa shape index (κ1) is 38.5. The molecule has 1 aromatic heterocycles. The summed E-state index contributed by atoms with van der Waals surface area (Å²) in [4.78, 5) is 33.8. The Bertz CT molecular complexity index is 1930. The number of hydrogen-bond acceptors (Lipinski definition) is 7. The number of nitrogens with one attached hydrogen (secondary N) is 2. The Kier molecular flexibility index (Phi) is 12.0. The van der Waals surface area contributed by atoms with Crippen molar-refractivity contribution in [2.45, 2.75) is 69.4 Å². The van der Waals surface area contributed by atoms with Crippen molar-refractivity contribution in [2.75, 3.05) is 31.6 Å². The second-order valence-corrected chi connectivity index (χ2v) is 14.6. The number of nitrogens with zero attached hydrogens (tertiary/aromatic N) is 2. The first-order chi connectivity index (χ1) is 25.9. The molecule has 2 saturated heterocycles. The number of aromatic nitrogens is 1. The SMILES string of the molecule is CC(C)(C)OC(=O)NC(C(=O)Nc1cncc(F)c1C#CC1CN(Cc2ccccc2)CC2(CCOCC2)O1)C(c1ccc(F)cc1)c1ccc(F)cc1. The zero-order valence-corrected chi connectivity index (χ0v) is 30.4. The minimum Gasteiger partial charge on any atom is -0.444 e. The van der Waals surface area contributed by atoms with Crippen molar-refractivity contribution in [1.82, 2.24) is 15.2 Å². The van der Waals surface area contributed by atoms with Crippen molar-refractivity contribution in [2.24, 2.45) is 0 Å². The molecule has 1 spiro atoms. The summed E-state index contributed by atoms with van der Waals surface area (Å²) in [5, 5.41) is 5.37. The molecular formula is C42H43F3N4O5. The number of morpholine rings is 1. The number of pyridine rings is 1. The fourth-order valence-electron chi connectivity index (χ4n) is 6.81. The molecule has 2 N–H and O–H groups in total. The van der Waals surface area contributed by atoms with Crippen molar-refractivity contribution >= 4 is 17.7 Å². The zero-order chi connectivity index (χ0) is 38.3. The van der Waals surface area contributed by atoms with E-state index in [1.54, 1.807) is 20.8 Å². The van der Waals surface area contributed by atoms with Crippen LogP contribution in [0.25, 0.3) is 0 Å². The number of rotatable bonds is 8. The topological polar surface area (TPSA) is 102 Å². The molecule has 6 rings (SSSR count). The fourth-order valence-corrected chi connectivity index (χ4v) is 6.81. The van der Waals surface area contributed by atoms with E-state index in [4.69, 9.17) is 14.2 Å². The Morgan fingerprint density at radius 3 is 2.19 bits per heavy atom. The third kappa shape index (κ3) is 10.0. The average molecular weight is 741 g/mol. The van der Waals surface area contributed by atoms with Crippen LogP contribution in [0.4, 0.5) is 23.7 Å². The van der Waals surface area contributed by atoms with Crippen LogP contribution in [0.1, 0.15) is 61.8 Å². The monoisotopic (exact) mass is 740 g/mol. The average Bonchev–Trinajstić information content (AvgIpc) is 3.12. The molecule has 2 unspecified atom stereocenters. The van der Waals surface area contributed by atoms with E-state index in [0.29, 0.717) is 56.8 Å². The highest BCUT2D eigenvalue weighted by molar-refractivity contribution is 5.98. The van der Waals surface area contributed by atoms with Crippen LogP contribution in [0.5, 0.6) is 0 Å². The summed E-state index contributed by atoms with van der Waals surface area (Å²) in [6, 6.07) is 19.4. The molecule has 4 aromatic rings. The van der Waals surface area contributed by atoms with Gasteiger partial charge in [-0.1, -0.05) is 66.4 Å². The Morgan fingerprint density at radius 1 is 0.944 bits per heavy atom. The minimum absolute atomic E-state index is 0.0434. The van der Waals surface area contributed by atoms with Crippen molar-refractivity contribution in [3.8, 4) is 11.8 Å². The Balaban J connectivity index is 1.32. The van der Waals surface area contributed by atoms with Crippen molar-refractivity contribution in [1.29, 1.82) is 0 Å². The summed E-state index contributed by atoms with van der Waals surface area (Å²) in [6.07, 6.45) is 2.15. The number of hydrogen-bond donors (Lipinski definition) is 2. The quantitative estimate of drug-likeness (QED) is 0.188. The smallest absolute Gasteiger partial charge is 0.408 e. The van der Waals surface area contributed by atoms with Gasteiger partial charge in [0.05, 0.1) is 29.2 Å². The van der Waals surface area contributed by atoms with Gasteiger partial charge in [0.25, 0.3) is 0 Å². The van der Waals surface area contributed by atoms with Crippen LogP contribution in [0.2, 0.25) is 0 Å². The summed E-state index contributed by atoms with van der Waals surface area (Å²) < 4.78 is 61.5. The van der Waals surface area contributed by atoms with Crippen molar-refractivity contribution in [3.63, 3.8) is 0 Å². The number of carbonyl (C=O) groups excluding carboxylic acids is 2. The van der Waals surface area contributed by atoms with E-state index >= 15 is 4.39 Å². The third-order valence-electron chi connectivity index (χ3n) is 9.24. The summed E-state index contributed by atoms with van der Waals surface area (Å²) >= 11 is 0. The Labute approximate surface area is 313 Å². The van der Waals surface area contributed by atoms with E-state index in [2.05, 4.69) is 44.5 Å². The molecule has 282 valence electrons. The van der Waals surface area contributed by atoms with Gasteiger partial charge in [0.1, 0.15) is 29.4 Å². The molecule has 0 bridgehead atoms. The summed E-state index contributed by atoms with van der Waals surface area (Å²) in [6.45, 7) is 7.98. The summed E-state index contributed by atoms with van der Waals surface area (Å²) in [5.74, 6) is 2.50. The number of ether oxygens (including phenoxy) is 3. The van der Waals surface area contributed by atoms with E-state index in [1.165, 1.54) is 54.7 Å². The zero-order valence-electron chi connectivity index (χ0n) is 30.4. The Morgan fingerprint density at radius 2 is 1.57 bits per heavy atom. The highest BCUT2D eigenvalue weighted by atomic mass is 19.1. The van der Waals surface area contributed by atoms with Crippen LogP contribution in [-0.4, -0.2) is 71.5 Å². The molecule has 0 radical (unpaired) electrons. The molecule has 2 aliphatic heterocycles. The van der Waals surface area contributed by atoms with Crippen molar-refractivity contribution in [3.05, 3.63) is 131 Å². The van der Waals surface area contributed by atoms with Gasteiger partial charge in [0.2, 0.25) is 5.91 Å². The van der Waals surface area contributed by atoms with Gasteiger partial charge in [0.15, 0.2) is 5.82 Å². The van der Waals surface area contributed by atoms with Crippen LogP contribution in [-0.2, 0) is 25.5 Å². The summed E-state index contributed by atoms with van der Waals surface area (Å²) in [5.41, 5.74) is 0.462. The lowest BCUT2D eigenvalue weighted by Crippen LogP contribution is -2.57. The van der Waals surface area contributed by atoms with Gasteiger partial charge < -0.3 is 24.8 Å². The summed E-state index contributed by atoms with van der Waals surface area (Å²) in [7, 11) is 0. The van der Waals surface area contributed by atoms with Gasteiger partial charge in [-0.05, 0) is 61.7 Å². The Hall–Kier alpha value is -5.22. The maximum absolute atomic E-state index is 15.6. The van der Waals surface area contributed by atoms with Crippen LogP contribution in [0.3, 0.4) is 0 Å². The van der Waals surface area contributed by atoms with Gasteiger partial charge in [-0.25, -0.2) is 18.0 Å². The standard InChI is InChI=1S/C42H43F3N4O5/c1-41(2,3)54-40(51)48-38(37(29-9-13-31(43)14-10-29)30-11-15-32(44)16-12-30)39(50)47-36-24-46-23-35(45)34(36)18-17-33-26-49(25-28-7-5-4-6-8-28)27-42(53-33)19-21-52-22-20-42/h4-16,23-24,33,37-38H,19-22,25-27H2,1-3H3,(H,47,50)(H,48,51). The predicted octanol–water partition coefficient (Wildman–Crippen LogP) is 6.96. The number of halogens is 3. The molecule has 0 saturated carbocycles. The second-order valence-electron chi connectivity index (χ2n) is 14.6. The highest BCUT2D eigenvalue weighted by Gasteiger charge is 2.42. The molecule has 2 atom stereocenters. The third-order valence-corrected chi connectivity index (χ3v) is 9.24. The van der Waals surface area contributed by atoms with Gasteiger partial charge >= 0.3 is 6.09 Å². The fraction of sp³-hybridized carbons (Fsp3) is 0.357. The van der Waals surface area contributed by atoms with Gasteiger partial charge in [-0.15, -0.1) is 0 Å². The van der Waals surface area contributed by atoms with E-state index < -0.39 is 58.7 Å². The largest absolute Gasteiger partial charge is 0.444 e. The molecule has 3 heterocycles. The molecule has 12 heteroatoms. The van der Waals surface area contributed by atoms with Gasteiger partial charge in [-0.3, -0.25) is 14.7 Å². The molecule has 0 aliphatic carbocycles. The van der Waals surface area contributed by atoms with Crippen LogP contribution >= 0.6 is 0 Å². The van der Waals surface area contributed by atoms with Crippen LogP contribution in [0.15, 0.2) is 91.3 Å². The molecule has 9 nitrogen and oxygen atoms in total. The normalized spacial score (nSPS) is 17.6. The maximum atomic E-state index is 15.6. The lowest BCUT2D eigenvalue weighted by molar-refractivity contribution is -0.174. The van der Waals surface area contributed by atoms with Gasteiger partial charge in [0, 0.05) is 51.6 Å². The van der Waals surface area contributed by atoms with E-state index in [1.807, 2.05) is 18.2 Å². The van der Waals surface area contributed by atoms with E-state index in [9.17, 15) is 18.4 Å². The number of alkyl carbamates (subject to hydrolysis) is 1. The first-order valence-electron chi connectivity index (χ1n) is 17.8. The van der Waals surface area contributed by atoms with Crippen LogP contribution < -0.4 is 10.6 Å². The number of carbonyl (C=O) groups is 2. The number of amides is 2. The second kappa shape index (κ2) is 16.8. The molecule has 2 amide bonds. The molecule has 2 aliphatic rings. The predicted molar refractivity (Wildman–Crippen MR) is 197 cm³/mol. The molecule has 54 heavy (non-hydrogen) atoms. The number of anilines is 1. The van der Waals surface area contributed by atoms with Gasteiger partial charge in [-0.2, -0.15) is 0 Å². The minimum atomic E-state index is -1.42. The van der Waals surface area contributed by atoms with Crippen LogP contribution in [0, 0.1) is 29.3 Å². The van der Waals surface area contributed by atoms with Crippen molar-refractivity contribution < 1.29 is 37.0 Å². The van der Waals surface area contributed by atoms with E-state index in [-0.39, 0.29) is 11.3 Å². The lowest BCUT2D eigenvalue weighted by Gasteiger charge is -2.47. The highest BCUT2D eigenvalue weighted by Crippen LogP contribution is 2.33. The number of benzene rings is 3. The molecule has 3 aromatic carbocycles. The lowest BCUT2D eigenvalue weighted by atomic mass is 9.84.